The lowest BCUT2D eigenvalue weighted by Gasteiger charge is -2.28. The van der Waals surface area contributed by atoms with Crippen molar-refractivity contribution in [3.8, 4) is 0 Å². The molecule has 4 heteroatoms. The van der Waals surface area contributed by atoms with Gasteiger partial charge in [-0.2, -0.15) is 0 Å². The number of piperidine rings is 1. The van der Waals surface area contributed by atoms with Gasteiger partial charge in [-0.1, -0.05) is 6.92 Å². The van der Waals surface area contributed by atoms with Gasteiger partial charge in [-0.3, -0.25) is 0 Å². The van der Waals surface area contributed by atoms with Gasteiger partial charge in [-0.05, 0) is 18.9 Å². The van der Waals surface area contributed by atoms with Gasteiger partial charge in [0, 0.05) is 12.6 Å². The van der Waals surface area contributed by atoms with E-state index in [4.69, 9.17) is 5.11 Å². The molecule has 0 unspecified atom stereocenters. The van der Waals surface area contributed by atoms with Gasteiger partial charge in [0.15, 0.2) is 0 Å². The van der Waals surface area contributed by atoms with E-state index in [0.717, 1.165) is 19.5 Å². The molecule has 0 bridgehead atoms. The van der Waals surface area contributed by atoms with Crippen molar-refractivity contribution < 1.29 is 9.90 Å². The van der Waals surface area contributed by atoms with Crippen molar-refractivity contribution in [2.24, 2.45) is 5.92 Å². The van der Waals surface area contributed by atoms with E-state index in [1.807, 2.05) is 0 Å². The Balaban J connectivity index is 2.35. The van der Waals surface area contributed by atoms with Crippen LogP contribution in [-0.2, 0) is 0 Å². The Morgan fingerprint density at radius 3 is 3.00 bits per heavy atom. The molecule has 11 heavy (non-hydrogen) atoms. The van der Waals surface area contributed by atoms with E-state index >= 15 is 0 Å². The van der Waals surface area contributed by atoms with Crippen molar-refractivity contribution >= 4 is 6.09 Å². The molecule has 3 N–H and O–H groups in total. The summed E-state index contributed by atoms with van der Waals surface area (Å²) in [6, 6.07) is 0.0845. The molecule has 1 aliphatic heterocycles. The second kappa shape index (κ2) is 3.57. The Bertz CT molecular complexity index is 149. The lowest BCUT2D eigenvalue weighted by Crippen LogP contribution is -2.49. The molecule has 64 valence electrons. The van der Waals surface area contributed by atoms with Crippen LogP contribution in [0.3, 0.4) is 0 Å². The molecule has 0 spiro atoms. The van der Waals surface area contributed by atoms with Gasteiger partial charge in [0.05, 0.1) is 0 Å². The van der Waals surface area contributed by atoms with Crippen LogP contribution in [0.25, 0.3) is 0 Å². The number of rotatable bonds is 1. The Labute approximate surface area is 66.0 Å². The van der Waals surface area contributed by atoms with Gasteiger partial charge < -0.3 is 15.7 Å². The van der Waals surface area contributed by atoms with Gasteiger partial charge in [0.25, 0.3) is 0 Å². The first kappa shape index (κ1) is 8.33. The molecular formula is C7H14N2O2. The lowest BCUT2D eigenvalue weighted by atomic mass is 9.95. The third-order valence-corrected chi connectivity index (χ3v) is 2.14. The lowest BCUT2D eigenvalue weighted by molar-refractivity contribution is 0.180. The van der Waals surface area contributed by atoms with E-state index in [9.17, 15) is 4.79 Å². The normalized spacial score (nSPS) is 31.4. The minimum atomic E-state index is -0.925. The van der Waals surface area contributed by atoms with Gasteiger partial charge >= 0.3 is 6.09 Å². The largest absolute Gasteiger partial charge is 0.465 e. The summed E-state index contributed by atoms with van der Waals surface area (Å²) < 4.78 is 0. The smallest absolute Gasteiger partial charge is 0.404 e. The topological polar surface area (TPSA) is 61.4 Å². The predicted molar refractivity (Wildman–Crippen MR) is 41.6 cm³/mol. The number of carboxylic acid groups (broad SMARTS) is 1. The van der Waals surface area contributed by atoms with E-state index in [1.54, 1.807) is 0 Å². The molecule has 1 rings (SSSR count). The average Bonchev–Trinajstić information content (AvgIpc) is 1.93. The highest BCUT2D eigenvalue weighted by Crippen LogP contribution is 2.10. The van der Waals surface area contributed by atoms with Crippen LogP contribution in [-0.4, -0.2) is 30.3 Å². The number of amides is 1. The molecule has 1 saturated heterocycles. The van der Waals surface area contributed by atoms with Crippen LogP contribution in [0.2, 0.25) is 0 Å². The molecule has 4 nitrogen and oxygen atoms in total. The van der Waals surface area contributed by atoms with E-state index in [2.05, 4.69) is 17.6 Å². The van der Waals surface area contributed by atoms with Crippen LogP contribution in [0.1, 0.15) is 13.3 Å². The minimum Gasteiger partial charge on any atom is -0.465 e. The summed E-state index contributed by atoms with van der Waals surface area (Å²) >= 11 is 0. The summed E-state index contributed by atoms with van der Waals surface area (Å²) in [5.41, 5.74) is 0. The van der Waals surface area contributed by atoms with Gasteiger partial charge in [-0.25, -0.2) is 4.79 Å². The van der Waals surface area contributed by atoms with Crippen LogP contribution in [0.15, 0.2) is 0 Å². The highest BCUT2D eigenvalue weighted by Gasteiger charge is 2.21. The van der Waals surface area contributed by atoms with Gasteiger partial charge in [-0.15, -0.1) is 0 Å². The molecule has 1 heterocycles. The van der Waals surface area contributed by atoms with Crippen molar-refractivity contribution in [2.45, 2.75) is 19.4 Å². The molecule has 0 saturated carbocycles. The van der Waals surface area contributed by atoms with Crippen molar-refractivity contribution in [3.63, 3.8) is 0 Å². The van der Waals surface area contributed by atoms with Crippen LogP contribution in [0.4, 0.5) is 4.79 Å². The maximum Gasteiger partial charge on any atom is 0.404 e. The first-order chi connectivity index (χ1) is 5.20. The number of hydrogen-bond donors (Lipinski definition) is 3. The second-order valence-corrected chi connectivity index (χ2v) is 3.03. The minimum absolute atomic E-state index is 0.0845. The summed E-state index contributed by atoms with van der Waals surface area (Å²) in [7, 11) is 0. The highest BCUT2D eigenvalue weighted by molar-refractivity contribution is 5.64. The molecule has 1 amide bonds. The first-order valence-electron chi connectivity index (χ1n) is 3.90. The summed E-state index contributed by atoms with van der Waals surface area (Å²) in [4.78, 5) is 10.3. The van der Waals surface area contributed by atoms with Crippen LogP contribution in [0, 0.1) is 5.92 Å². The Hall–Kier alpha value is -0.770. The molecule has 0 aromatic rings. The fourth-order valence-electron chi connectivity index (χ4n) is 1.34. The number of carbonyl (C=O) groups is 1. The molecule has 0 aromatic carbocycles. The first-order valence-corrected chi connectivity index (χ1v) is 3.90. The Morgan fingerprint density at radius 1 is 1.73 bits per heavy atom. The van der Waals surface area contributed by atoms with Crippen molar-refractivity contribution in [2.75, 3.05) is 13.1 Å². The molecule has 0 radical (unpaired) electrons. The summed E-state index contributed by atoms with van der Waals surface area (Å²) in [6.45, 7) is 3.83. The van der Waals surface area contributed by atoms with E-state index < -0.39 is 6.09 Å². The maximum atomic E-state index is 10.3. The van der Waals surface area contributed by atoms with Gasteiger partial charge in [0.1, 0.15) is 0 Å². The summed E-state index contributed by atoms with van der Waals surface area (Å²) in [6.07, 6.45) is 0.121. The third kappa shape index (κ3) is 2.38. The van der Waals surface area contributed by atoms with Crippen molar-refractivity contribution in [1.29, 1.82) is 0 Å². The number of hydrogen-bond acceptors (Lipinski definition) is 2. The zero-order valence-electron chi connectivity index (χ0n) is 6.63. The molecule has 1 fully saturated rings. The van der Waals surface area contributed by atoms with E-state index in [0.29, 0.717) is 5.92 Å². The molecular weight excluding hydrogens is 144 g/mol. The monoisotopic (exact) mass is 158 g/mol. The quantitative estimate of drug-likeness (QED) is 0.512. The van der Waals surface area contributed by atoms with Crippen LogP contribution < -0.4 is 10.6 Å². The van der Waals surface area contributed by atoms with E-state index in [-0.39, 0.29) is 6.04 Å². The van der Waals surface area contributed by atoms with Gasteiger partial charge in [0.2, 0.25) is 0 Å². The van der Waals surface area contributed by atoms with Crippen molar-refractivity contribution in [3.05, 3.63) is 0 Å². The number of nitrogens with one attached hydrogen (secondary N) is 2. The molecule has 2 atom stereocenters. The van der Waals surface area contributed by atoms with Crippen LogP contribution in [0.5, 0.6) is 0 Å². The summed E-state index contributed by atoms with van der Waals surface area (Å²) in [5.74, 6) is 0.451. The molecule has 0 aromatic heterocycles. The predicted octanol–water partition coefficient (Wildman–Crippen LogP) is 0.252. The fraction of sp³-hybridized carbons (Fsp3) is 0.857. The molecule has 1 aliphatic rings. The van der Waals surface area contributed by atoms with E-state index in [1.165, 1.54) is 0 Å². The van der Waals surface area contributed by atoms with Crippen LogP contribution >= 0.6 is 0 Å². The third-order valence-electron chi connectivity index (χ3n) is 2.14. The fourth-order valence-corrected chi connectivity index (χ4v) is 1.34. The maximum absolute atomic E-state index is 10.3. The zero-order chi connectivity index (χ0) is 8.27. The highest BCUT2D eigenvalue weighted by atomic mass is 16.4. The molecule has 0 aliphatic carbocycles. The Kier molecular flexibility index (Phi) is 2.70. The van der Waals surface area contributed by atoms with Crippen molar-refractivity contribution in [1.82, 2.24) is 10.6 Å². The Morgan fingerprint density at radius 2 is 2.45 bits per heavy atom. The second-order valence-electron chi connectivity index (χ2n) is 3.03. The standard InChI is InChI=1S/C7H14N2O2/c1-5-2-3-8-4-6(5)9-7(10)11/h5-6,8-9H,2-4H2,1H3,(H,10,11)/t5-,6-/m0/s1. The zero-order valence-corrected chi connectivity index (χ0v) is 6.63. The summed E-state index contributed by atoms with van der Waals surface area (Å²) in [5, 5.41) is 14.1. The average molecular weight is 158 g/mol. The SMILES string of the molecule is C[C@H]1CCNC[C@@H]1NC(=O)O.